The first-order valence-electron chi connectivity index (χ1n) is 7.42. The van der Waals surface area contributed by atoms with Gasteiger partial charge in [0.15, 0.2) is 0 Å². The summed E-state index contributed by atoms with van der Waals surface area (Å²) >= 11 is 0. The normalized spacial score (nSPS) is 10.8. The third-order valence-electron chi connectivity index (χ3n) is 3.04. The van der Waals surface area contributed by atoms with Gasteiger partial charge in [0.1, 0.15) is 17.5 Å². The molecule has 0 aliphatic heterocycles. The van der Waals surface area contributed by atoms with Crippen LogP contribution in [-0.2, 0) is 0 Å². The second-order valence-electron chi connectivity index (χ2n) is 5.33. The van der Waals surface area contributed by atoms with E-state index in [9.17, 15) is 0 Å². The first-order valence-corrected chi connectivity index (χ1v) is 7.42. The van der Waals surface area contributed by atoms with E-state index in [-0.39, 0.29) is 0 Å². The molecule has 1 rings (SSSR count). The molecule has 19 heavy (non-hydrogen) atoms. The van der Waals surface area contributed by atoms with Crippen LogP contribution in [0.5, 0.6) is 0 Å². The molecular formula is C15H28N4. The molecular weight excluding hydrogens is 236 g/mol. The minimum absolute atomic E-state index is 0.349. The van der Waals surface area contributed by atoms with Crippen LogP contribution in [0, 0.1) is 0 Å². The number of aromatic nitrogens is 2. The van der Waals surface area contributed by atoms with Crippen LogP contribution < -0.4 is 10.2 Å². The largest absolute Gasteiger partial charge is 0.370 e. The monoisotopic (exact) mass is 264 g/mol. The average molecular weight is 264 g/mol. The highest BCUT2D eigenvalue weighted by atomic mass is 15.2. The lowest BCUT2D eigenvalue weighted by Crippen LogP contribution is -2.21. The van der Waals surface area contributed by atoms with E-state index in [1.807, 2.05) is 0 Å². The SMILES string of the molecule is CCCCN(C)c1cc(NCCC)nc(C(C)C)n1. The zero-order chi connectivity index (χ0) is 14.3. The summed E-state index contributed by atoms with van der Waals surface area (Å²) in [6.07, 6.45) is 3.49. The van der Waals surface area contributed by atoms with Gasteiger partial charge in [-0.25, -0.2) is 9.97 Å². The fourth-order valence-corrected chi connectivity index (χ4v) is 1.76. The van der Waals surface area contributed by atoms with E-state index >= 15 is 0 Å². The summed E-state index contributed by atoms with van der Waals surface area (Å²) in [5.41, 5.74) is 0. The van der Waals surface area contributed by atoms with Crippen LogP contribution in [0.2, 0.25) is 0 Å². The van der Waals surface area contributed by atoms with Crippen LogP contribution in [0.25, 0.3) is 0 Å². The molecule has 0 amide bonds. The van der Waals surface area contributed by atoms with E-state index < -0.39 is 0 Å². The molecule has 0 atom stereocenters. The highest BCUT2D eigenvalue weighted by Gasteiger charge is 2.10. The van der Waals surface area contributed by atoms with E-state index in [2.05, 4.69) is 61.0 Å². The van der Waals surface area contributed by atoms with Gasteiger partial charge in [-0.2, -0.15) is 0 Å². The van der Waals surface area contributed by atoms with Crippen LogP contribution in [0.15, 0.2) is 6.07 Å². The van der Waals surface area contributed by atoms with Crippen molar-refractivity contribution in [1.82, 2.24) is 9.97 Å². The molecule has 4 nitrogen and oxygen atoms in total. The molecule has 1 N–H and O–H groups in total. The van der Waals surface area contributed by atoms with Gasteiger partial charge in [0.25, 0.3) is 0 Å². The number of hydrogen-bond donors (Lipinski definition) is 1. The standard InChI is InChI=1S/C15H28N4/c1-6-8-10-19(5)14-11-13(16-9-7-2)17-15(18-14)12(3)4/h11-12H,6-10H2,1-5H3,(H,16,17,18). The van der Waals surface area contributed by atoms with E-state index in [0.717, 1.165) is 37.0 Å². The first kappa shape index (κ1) is 15.7. The van der Waals surface area contributed by atoms with Crippen LogP contribution in [-0.4, -0.2) is 30.1 Å². The summed E-state index contributed by atoms with van der Waals surface area (Å²) < 4.78 is 0. The maximum Gasteiger partial charge on any atom is 0.135 e. The summed E-state index contributed by atoms with van der Waals surface area (Å²) in [4.78, 5) is 11.5. The summed E-state index contributed by atoms with van der Waals surface area (Å²) in [5, 5.41) is 3.36. The highest BCUT2D eigenvalue weighted by Crippen LogP contribution is 2.19. The maximum atomic E-state index is 4.67. The van der Waals surface area contributed by atoms with Crippen molar-refractivity contribution < 1.29 is 0 Å². The maximum absolute atomic E-state index is 4.67. The Morgan fingerprint density at radius 1 is 1.21 bits per heavy atom. The lowest BCUT2D eigenvalue weighted by atomic mass is 10.2. The number of unbranched alkanes of at least 4 members (excludes halogenated alkanes) is 1. The highest BCUT2D eigenvalue weighted by molar-refractivity contribution is 5.49. The van der Waals surface area contributed by atoms with Crippen LogP contribution in [0.3, 0.4) is 0 Å². The summed E-state index contributed by atoms with van der Waals surface area (Å²) in [5.74, 6) is 3.23. The molecule has 0 fully saturated rings. The van der Waals surface area contributed by atoms with E-state index in [0.29, 0.717) is 5.92 Å². The third kappa shape index (κ3) is 5.05. The second kappa shape index (κ2) is 7.97. The van der Waals surface area contributed by atoms with Gasteiger partial charge in [0, 0.05) is 32.1 Å². The lowest BCUT2D eigenvalue weighted by molar-refractivity contribution is 0.736. The topological polar surface area (TPSA) is 41.0 Å². The average Bonchev–Trinajstić information content (AvgIpc) is 2.42. The Labute approximate surface area is 117 Å². The van der Waals surface area contributed by atoms with Gasteiger partial charge in [-0.15, -0.1) is 0 Å². The molecule has 0 saturated heterocycles. The van der Waals surface area contributed by atoms with Gasteiger partial charge in [0.05, 0.1) is 0 Å². The zero-order valence-electron chi connectivity index (χ0n) is 13.0. The van der Waals surface area contributed by atoms with Crippen molar-refractivity contribution in [1.29, 1.82) is 0 Å². The van der Waals surface area contributed by atoms with Crippen molar-refractivity contribution in [2.24, 2.45) is 0 Å². The van der Waals surface area contributed by atoms with E-state index in [1.165, 1.54) is 12.8 Å². The van der Waals surface area contributed by atoms with Gasteiger partial charge in [-0.1, -0.05) is 34.1 Å². The van der Waals surface area contributed by atoms with Gasteiger partial charge >= 0.3 is 0 Å². The Morgan fingerprint density at radius 3 is 2.53 bits per heavy atom. The minimum atomic E-state index is 0.349. The Bertz CT molecular complexity index is 376. The van der Waals surface area contributed by atoms with Gasteiger partial charge in [-0.05, 0) is 12.8 Å². The van der Waals surface area contributed by atoms with Crippen molar-refractivity contribution >= 4 is 11.6 Å². The molecule has 0 spiro atoms. The lowest BCUT2D eigenvalue weighted by Gasteiger charge is -2.20. The number of hydrogen-bond acceptors (Lipinski definition) is 4. The summed E-state index contributed by atoms with van der Waals surface area (Å²) in [6, 6.07) is 2.05. The van der Waals surface area contributed by atoms with E-state index in [1.54, 1.807) is 0 Å². The third-order valence-corrected chi connectivity index (χ3v) is 3.04. The van der Waals surface area contributed by atoms with Gasteiger partial charge in [-0.3, -0.25) is 0 Å². The molecule has 0 saturated carbocycles. The second-order valence-corrected chi connectivity index (χ2v) is 5.33. The molecule has 1 aromatic rings. The minimum Gasteiger partial charge on any atom is -0.370 e. The number of nitrogens with one attached hydrogen (secondary N) is 1. The Hall–Kier alpha value is -1.32. The molecule has 0 aliphatic rings. The molecule has 0 aromatic carbocycles. The van der Waals surface area contributed by atoms with Crippen molar-refractivity contribution in [3.63, 3.8) is 0 Å². The van der Waals surface area contributed by atoms with Gasteiger partial charge in [0.2, 0.25) is 0 Å². The van der Waals surface area contributed by atoms with Crippen molar-refractivity contribution in [3.8, 4) is 0 Å². The zero-order valence-corrected chi connectivity index (χ0v) is 13.0. The predicted octanol–water partition coefficient (Wildman–Crippen LogP) is 3.66. The molecule has 1 heterocycles. The summed E-state index contributed by atoms with van der Waals surface area (Å²) in [7, 11) is 2.10. The van der Waals surface area contributed by atoms with Crippen LogP contribution in [0.4, 0.5) is 11.6 Å². The van der Waals surface area contributed by atoms with Crippen molar-refractivity contribution in [2.75, 3.05) is 30.4 Å². The molecule has 4 heteroatoms. The van der Waals surface area contributed by atoms with Crippen molar-refractivity contribution in [2.45, 2.75) is 52.9 Å². The first-order chi connectivity index (χ1) is 9.08. The number of rotatable bonds is 8. The molecule has 0 aliphatic carbocycles. The fraction of sp³-hybridized carbons (Fsp3) is 0.733. The fourth-order valence-electron chi connectivity index (χ4n) is 1.76. The summed E-state index contributed by atoms with van der Waals surface area (Å²) in [6.45, 7) is 10.6. The molecule has 108 valence electrons. The smallest absolute Gasteiger partial charge is 0.135 e. The number of anilines is 2. The molecule has 1 aromatic heterocycles. The van der Waals surface area contributed by atoms with Crippen LogP contribution >= 0.6 is 0 Å². The number of nitrogens with zero attached hydrogens (tertiary/aromatic N) is 3. The quantitative estimate of drug-likeness (QED) is 0.778. The van der Waals surface area contributed by atoms with E-state index in [4.69, 9.17) is 0 Å². The van der Waals surface area contributed by atoms with Crippen LogP contribution in [0.1, 0.15) is 58.7 Å². The molecule has 0 bridgehead atoms. The van der Waals surface area contributed by atoms with Gasteiger partial charge < -0.3 is 10.2 Å². The Kier molecular flexibility index (Phi) is 6.60. The molecule has 0 radical (unpaired) electrons. The molecule has 0 unspecified atom stereocenters. The van der Waals surface area contributed by atoms with Crippen molar-refractivity contribution in [3.05, 3.63) is 11.9 Å². The Morgan fingerprint density at radius 2 is 1.95 bits per heavy atom. The Balaban J connectivity index is 2.91. The predicted molar refractivity (Wildman–Crippen MR) is 83.1 cm³/mol.